The van der Waals surface area contributed by atoms with E-state index in [1.54, 1.807) is 24.3 Å². The van der Waals surface area contributed by atoms with E-state index in [9.17, 15) is 4.79 Å². The van der Waals surface area contributed by atoms with Crippen molar-refractivity contribution in [3.63, 3.8) is 0 Å². The van der Waals surface area contributed by atoms with Crippen LogP contribution in [0.3, 0.4) is 0 Å². The molecule has 0 unspecified atom stereocenters. The molecule has 2 aliphatic rings. The van der Waals surface area contributed by atoms with Crippen LogP contribution in [0.4, 0.5) is 5.69 Å². The van der Waals surface area contributed by atoms with Crippen molar-refractivity contribution in [2.24, 2.45) is 4.99 Å². The monoisotopic (exact) mass is 454 g/mol. The minimum atomic E-state index is -0.256. The van der Waals surface area contributed by atoms with E-state index in [0.29, 0.717) is 49.4 Å². The molecule has 0 atom stereocenters. The van der Waals surface area contributed by atoms with E-state index in [4.69, 9.17) is 18.9 Å². The Hall–Kier alpha value is -3.30. The molecule has 4 rings (SSSR count). The van der Waals surface area contributed by atoms with Crippen LogP contribution in [0.15, 0.2) is 47.5 Å². The highest BCUT2D eigenvalue weighted by molar-refractivity contribution is 6.10. The first kappa shape index (κ1) is 22.9. The number of rotatable bonds is 7. The molecule has 0 bridgehead atoms. The van der Waals surface area contributed by atoms with Crippen LogP contribution in [0.25, 0.3) is 0 Å². The Balaban J connectivity index is 1.45. The molecule has 1 amide bonds. The summed E-state index contributed by atoms with van der Waals surface area (Å²) < 4.78 is 22.1. The third-order valence-corrected chi connectivity index (χ3v) is 5.25. The largest absolute Gasteiger partial charge is 0.494 e. The molecule has 33 heavy (non-hydrogen) atoms. The summed E-state index contributed by atoms with van der Waals surface area (Å²) in [5.41, 5.74) is 1.26. The van der Waals surface area contributed by atoms with Crippen LogP contribution in [0.2, 0.25) is 0 Å². The number of carbonyl (C=O) groups is 1. The van der Waals surface area contributed by atoms with Crippen LogP contribution in [-0.4, -0.2) is 76.0 Å². The SMILES string of the molecule is CCOc1ccc(C(=O)NC(=NCCN2CCOCC2)Nc2ccc3c(c2)OCCO3)cc1. The second-order valence-corrected chi connectivity index (χ2v) is 7.58. The maximum atomic E-state index is 12.9. The maximum absolute atomic E-state index is 12.9. The van der Waals surface area contributed by atoms with Gasteiger partial charge in [-0.05, 0) is 43.3 Å². The predicted molar refractivity (Wildman–Crippen MR) is 126 cm³/mol. The standard InChI is InChI=1S/C24H30N4O5/c1-2-31-20-6-3-18(4-7-20)23(29)27-24(25-9-10-28-11-13-30-14-12-28)26-19-5-8-21-22(17-19)33-16-15-32-21/h3-8,17H,2,9-16H2,1H3,(H2,25,26,27,29). The average molecular weight is 455 g/mol. The van der Waals surface area contributed by atoms with Gasteiger partial charge < -0.3 is 24.3 Å². The summed E-state index contributed by atoms with van der Waals surface area (Å²) in [7, 11) is 0. The number of hydrogen-bond donors (Lipinski definition) is 2. The number of amides is 1. The number of fused-ring (bicyclic) bond motifs is 1. The van der Waals surface area contributed by atoms with Gasteiger partial charge in [0.1, 0.15) is 19.0 Å². The van der Waals surface area contributed by atoms with E-state index >= 15 is 0 Å². The van der Waals surface area contributed by atoms with Crippen molar-refractivity contribution < 1.29 is 23.7 Å². The van der Waals surface area contributed by atoms with Crippen LogP contribution in [0.5, 0.6) is 17.2 Å². The van der Waals surface area contributed by atoms with Gasteiger partial charge in [-0.2, -0.15) is 0 Å². The van der Waals surface area contributed by atoms with Crippen LogP contribution < -0.4 is 24.8 Å². The molecule has 2 aromatic carbocycles. The van der Waals surface area contributed by atoms with E-state index in [0.717, 1.165) is 44.3 Å². The maximum Gasteiger partial charge on any atom is 0.257 e. The van der Waals surface area contributed by atoms with Gasteiger partial charge in [0.15, 0.2) is 11.5 Å². The van der Waals surface area contributed by atoms with Gasteiger partial charge in [0.25, 0.3) is 5.91 Å². The summed E-state index contributed by atoms with van der Waals surface area (Å²) in [6.07, 6.45) is 0. The average Bonchev–Trinajstić information content (AvgIpc) is 2.85. The van der Waals surface area contributed by atoms with Crippen molar-refractivity contribution in [3.05, 3.63) is 48.0 Å². The molecular formula is C24H30N4O5. The van der Waals surface area contributed by atoms with E-state index in [1.165, 1.54) is 0 Å². The number of nitrogens with one attached hydrogen (secondary N) is 2. The molecule has 1 fully saturated rings. The molecular weight excluding hydrogens is 424 g/mol. The zero-order valence-corrected chi connectivity index (χ0v) is 18.8. The van der Waals surface area contributed by atoms with E-state index in [2.05, 4.69) is 20.5 Å². The summed E-state index contributed by atoms with van der Waals surface area (Å²) in [5.74, 6) is 2.21. The highest BCUT2D eigenvalue weighted by Crippen LogP contribution is 2.32. The summed E-state index contributed by atoms with van der Waals surface area (Å²) in [5, 5.41) is 6.11. The Labute approximate surface area is 193 Å². The highest BCUT2D eigenvalue weighted by Gasteiger charge is 2.15. The topological polar surface area (TPSA) is 93.7 Å². The Morgan fingerprint density at radius 2 is 1.79 bits per heavy atom. The van der Waals surface area contributed by atoms with Gasteiger partial charge in [-0.15, -0.1) is 0 Å². The number of nitrogens with zero attached hydrogens (tertiary/aromatic N) is 2. The fourth-order valence-corrected chi connectivity index (χ4v) is 3.55. The lowest BCUT2D eigenvalue weighted by atomic mass is 10.2. The fourth-order valence-electron chi connectivity index (χ4n) is 3.55. The van der Waals surface area contributed by atoms with Gasteiger partial charge in [-0.25, -0.2) is 0 Å². The van der Waals surface area contributed by atoms with E-state index < -0.39 is 0 Å². The second-order valence-electron chi connectivity index (χ2n) is 7.58. The number of benzene rings is 2. The number of carbonyl (C=O) groups excluding carboxylic acids is 1. The lowest BCUT2D eigenvalue weighted by Gasteiger charge is -2.25. The van der Waals surface area contributed by atoms with Gasteiger partial charge in [0.2, 0.25) is 5.96 Å². The Kier molecular flexibility index (Phi) is 7.99. The Morgan fingerprint density at radius 3 is 2.55 bits per heavy atom. The van der Waals surface area contributed by atoms with Gasteiger partial charge in [0, 0.05) is 37.0 Å². The number of guanidine groups is 1. The second kappa shape index (κ2) is 11.5. The van der Waals surface area contributed by atoms with Crippen LogP contribution in [0.1, 0.15) is 17.3 Å². The summed E-state index contributed by atoms with van der Waals surface area (Å²) in [4.78, 5) is 19.8. The zero-order chi connectivity index (χ0) is 22.9. The van der Waals surface area contributed by atoms with Crippen molar-refractivity contribution >= 4 is 17.6 Å². The molecule has 176 valence electrons. The van der Waals surface area contributed by atoms with Gasteiger partial charge in [-0.1, -0.05) is 0 Å². The van der Waals surface area contributed by atoms with Crippen molar-refractivity contribution in [1.29, 1.82) is 0 Å². The van der Waals surface area contributed by atoms with Crippen molar-refractivity contribution in [2.75, 3.05) is 64.5 Å². The molecule has 0 radical (unpaired) electrons. The number of morpholine rings is 1. The molecule has 0 aromatic heterocycles. The summed E-state index contributed by atoms with van der Waals surface area (Å²) >= 11 is 0. The van der Waals surface area contributed by atoms with Gasteiger partial charge in [-0.3, -0.25) is 20.0 Å². The van der Waals surface area contributed by atoms with Gasteiger partial charge >= 0.3 is 0 Å². The Bertz CT molecular complexity index is 958. The van der Waals surface area contributed by atoms with Crippen molar-refractivity contribution in [1.82, 2.24) is 10.2 Å². The lowest BCUT2D eigenvalue weighted by molar-refractivity contribution is 0.0394. The zero-order valence-electron chi connectivity index (χ0n) is 18.8. The molecule has 2 N–H and O–H groups in total. The fraction of sp³-hybridized carbons (Fsp3) is 0.417. The smallest absolute Gasteiger partial charge is 0.257 e. The molecule has 2 aromatic rings. The molecule has 2 heterocycles. The number of aliphatic imine (C=N–C) groups is 1. The summed E-state index contributed by atoms with van der Waals surface area (Å²) in [6, 6.07) is 12.6. The van der Waals surface area contributed by atoms with E-state index in [1.807, 2.05) is 25.1 Å². The van der Waals surface area contributed by atoms with Gasteiger partial charge in [0.05, 0.1) is 26.4 Å². The first-order chi connectivity index (χ1) is 16.2. The minimum absolute atomic E-state index is 0.256. The van der Waals surface area contributed by atoms with Crippen LogP contribution >= 0.6 is 0 Å². The lowest BCUT2D eigenvalue weighted by Crippen LogP contribution is -2.39. The predicted octanol–water partition coefficient (Wildman–Crippen LogP) is 2.39. The Morgan fingerprint density at radius 1 is 1.03 bits per heavy atom. The third kappa shape index (κ3) is 6.59. The molecule has 1 saturated heterocycles. The number of anilines is 1. The van der Waals surface area contributed by atoms with Crippen molar-refractivity contribution in [3.8, 4) is 17.2 Å². The molecule has 0 saturated carbocycles. The number of hydrogen-bond acceptors (Lipinski definition) is 7. The summed E-state index contributed by atoms with van der Waals surface area (Å²) in [6.45, 7) is 8.11. The first-order valence-electron chi connectivity index (χ1n) is 11.3. The van der Waals surface area contributed by atoms with Crippen LogP contribution in [0, 0.1) is 0 Å². The molecule has 2 aliphatic heterocycles. The van der Waals surface area contributed by atoms with Crippen molar-refractivity contribution in [2.45, 2.75) is 6.92 Å². The molecule has 9 heteroatoms. The molecule has 9 nitrogen and oxygen atoms in total. The number of ether oxygens (including phenoxy) is 4. The molecule has 0 spiro atoms. The van der Waals surface area contributed by atoms with E-state index in [-0.39, 0.29) is 5.91 Å². The minimum Gasteiger partial charge on any atom is -0.494 e. The third-order valence-electron chi connectivity index (χ3n) is 5.25. The quantitative estimate of drug-likeness (QED) is 0.490. The first-order valence-corrected chi connectivity index (χ1v) is 11.3. The highest BCUT2D eigenvalue weighted by atomic mass is 16.6. The van der Waals surface area contributed by atoms with Crippen LogP contribution in [-0.2, 0) is 4.74 Å². The molecule has 0 aliphatic carbocycles. The normalized spacial score (nSPS) is 16.2.